The molecule has 3 rings (SSSR count). The Hall–Kier alpha value is -3.00. The minimum atomic E-state index is -0.563. The molecular weight excluding hydrogens is 376 g/mol. The summed E-state index contributed by atoms with van der Waals surface area (Å²) in [6.45, 7) is 5.51. The van der Waals surface area contributed by atoms with Crippen molar-refractivity contribution in [2.45, 2.75) is 33.2 Å². The Morgan fingerprint density at radius 1 is 1.21 bits per heavy atom. The summed E-state index contributed by atoms with van der Waals surface area (Å²) in [6.07, 6.45) is 3.39. The van der Waals surface area contributed by atoms with E-state index in [0.29, 0.717) is 11.6 Å². The molecule has 146 valence electrons. The lowest BCUT2D eigenvalue weighted by molar-refractivity contribution is -0.129. The van der Waals surface area contributed by atoms with Gasteiger partial charge in [-0.25, -0.2) is 9.97 Å². The number of benzene rings is 1. The first kappa shape index (κ1) is 19.8. The molecule has 1 aromatic carbocycles. The van der Waals surface area contributed by atoms with Crippen molar-refractivity contribution < 1.29 is 14.0 Å². The number of hydrogen-bond donors (Lipinski definition) is 2. The average Bonchev–Trinajstić information content (AvgIpc) is 3.33. The van der Waals surface area contributed by atoms with Gasteiger partial charge in [-0.05, 0) is 5.56 Å². The van der Waals surface area contributed by atoms with Crippen molar-refractivity contribution in [3.05, 3.63) is 65.3 Å². The fourth-order valence-corrected chi connectivity index (χ4v) is 2.95. The third kappa shape index (κ3) is 5.04. The lowest BCUT2D eigenvalue weighted by atomic mass is 9.94. The van der Waals surface area contributed by atoms with Crippen molar-refractivity contribution in [3.8, 4) is 0 Å². The van der Waals surface area contributed by atoms with Crippen LogP contribution in [0.5, 0.6) is 0 Å². The van der Waals surface area contributed by atoms with E-state index in [4.69, 9.17) is 4.42 Å². The zero-order valence-electron chi connectivity index (χ0n) is 15.9. The number of nitrogens with one attached hydrogen (secondary N) is 2. The van der Waals surface area contributed by atoms with E-state index in [-0.39, 0.29) is 17.5 Å². The van der Waals surface area contributed by atoms with Crippen molar-refractivity contribution in [3.63, 3.8) is 0 Å². The van der Waals surface area contributed by atoms with Crippen molar-refractivity contribution in [2.75, 3.05) is 5.32 Å². The van der Waals surface area contributed by atoms with Crippen molar-refractivity contribution in [1.82, 2.24) is 15.3 Å². The standard InChI is InChI=1S/C20H22N4O3S/c1-20(2,3)18(26)23-14(11-13-7-5-4-6-8-13)17-22-15(12-27-17)16(25)24-19-21-9-10-28-19/h4-10,12,14H,11H2,1-3H3,(H,23,26)(H,21,24,25)/t14-/m1/s1. The van der Waals surface area contributed by atoms with E-state index >= 15 is 0 Å². The zero-order chi connectivity index (χ0) is 20.1. The fourth-order valence-electron chi connectivity index (χ4n) is 2.42. The number of anilines is 1. The van der Waals surface area contributed by atoms with Crippen LogP contribution in [0, 0.1) is 5.41 Å². The summed E-state index contributed by atoms with van der Waals surface area (Å²) < 4.78 is 5.55. The minimum Gasteiger partial charge on any atom is -0.446 e. The van der Waals surface area contributed by atoms with Gasteiger partial charge in [-0.3, -0.25) is 14.9 Å². The first-order valence-corrected chi connectivity index (χ1v) is 9.72. The van der Waals surface area contributed by atoms with Gasteiger partial charge in [-0.15, -0.1) is 11.3 Å². The number of oxazole rings is 1. The molecule has 0 aliphatic carbocycles. The van der Waals surface area contributed by atoms with Gasteiger partial charge in [0.2, 0.25) is 11.8 Å². The summed E-state index contributed by atoms with van der Waals surface area (Å²) in [5.74, 6) is -0.253. The summed E-state index contributed by atoms with van der Waals surface area (Å²) in [7, 11) is 0. The second-order valence-electron chi connectivity index (χ2n) is 7.33. The second kappa shape index (κ2) is 8.35. The van der Waals surface area contributed by atoms with Gasteiger partial charge in [-0.1, -0.05) is 51.1 Å². The van der Waals surface area contributed by atoms with Crippen LogP contribution < -0.4 is 10.6 Å². The number of amides is 2. The Balaban J connectivity index is 1.80. The molecular formula is C20H22N4O3S. The van der Waals surface area contributed by atoms with Gasteiger partial charge in [0, 0.05) is 23.4 Å². The van der Waals surface area contributed by atoms with E-state index in [1.54, 1.807) is 11.6 Å². The minimum absolute atomic E-state index is 0.125. The SMILES string of the molecule is CC(C)(C)C(=O)N[C@H](Cc1ccccc1)c1nc(C(=O)Nc2nccs2)co1. The topological polar surface area (TPSA) is 97.1 Å². The molecule has 0 spiro atoms. The van der Waals surface area contributed by atoms with Gasteiger partial charge < -0.3 is 9.73 Å². The Bertz CT molecular complexity index is 930. The van der Waals surface area contributed by atoms with Gasteiger partial charge in [-0.2, -0.15) is 0 Å². The first-order valence-electron chi connectivity index (χ1n) is 8.84. The molecule has 0 saturated heterocycles. The van der Waals surface area contributed by atoms with Gasteiger partial charge >= 0.3 is 0 Å². The lowest BCUT2D eigenvalue weighted by Gasteiger charge is -2.22. The van der Waals surface area contributed by atoms with Gasteiger partial charge in [0.15, 0.2) is 10.8 Å². The fraction of sp³-hybridized carbons (Fsp3) is 0.300. The highest BCUT2D eigenvalue weighted by atomic mass is 32.1. The molecule has 2 aromatic heterocycles. The van der Waals surface area contributed by atoms with Crippen LogP contribution >= 0.6 is 11.3 Å². The van der Waals surface area contributed by atoms with Crippen LogP contribution in [0.3, 0.4) is 0 Å². The normalized spacial score (nSPS) is 12.4. The molecule has 0 unspecified atom stereocenters. The molecule has 3 aromatic rings. The number of carbonyl (C=O) groups excluding carboxylic acids is 2. The molecule has 7 nitrogen and oxygen atoms in total. The predicted molar refractivity (Wildman–Crippen MR) is 107 cm³/mol. The highest BCUT2D eigenvalue weighted by Gasteiger charge is 2.28. The molecule has 0 aliphatic rings. The maximum absolute atomic E-state index is 12.5. The van der Waals surface area contributed by atoms with Gasteiger partial charge in [0.1, 0.15) is 12.3 Å². The van der Waals surface area contributed by atoms with Crippen molar-refractivity contribution in [1.29, 1.82) is 0 Å². The van der Waals surface area contributed by atoms with Gasteiger partial charge in [0.25, 0.3) is 5.91 Å². The second-order valence-corrected chi connectivity index (χ2v) is 8.22. The monoisotopic (exact) mass is 398 g/mol. The molecule has 0 aliphatic heterocycles. The van der Waals surface area contributed by atoms with Crippen LogP contribution in [-0.4, -0.2) is 21.8 Å². The molecule has 0 bridgehead atoms. The number of aromatic nitrogens is 2. The Morgan fingerprint density at radius 3 is 2.61 bits per heavy atom. The van der Waals surface area contributed by atoms with E-state index in [2.05, 4.69) is 20.6 Å². The van der Waals surface area contributed by atoms with E-state index in [9.17, 15) is 9.59 Å². The molecule has 2 amide bonds. The van der Waals surface area contributed by atoms with Crippen LogP contribution in [0.1, 0.15) is 48.8 Å². The highest BCUT2D eigenvalue weighted by molar-refractivity contribution is 7.13. The summed E-state index contributed by atoms with van der Waals surface area (Å²) in [6, 6.07) is 9.24. The number of hydrogen-bond acceptors (Lipinski definition) is 6. The van der Waals surface area contributed by atoms with E-state index in [0.717, 1.165) is 5.56 Å². The third-order valence-electron chi connectivity index (χ3n) is 3.97. The summed E-state index contributed by atoms with van der Waals surface area (Å²) in [5, 5.41) is 7.89. The summed E-state index contributed by atoms with van der Waals surface area (Å²) >= 11 is 1.31. The Kier molecular flexibility index (Phi) is 5.89. The number of nitrogens with zero attached hydrogens (tertiary/aromatic N) is 2. The van der Waals surface area contributed by atoms with Crippen LogP contribution in [0.25, 0.3) is 0 Å². The third-order valence-corrected chi connectivity index (χ3v) is 4.66. The first-order chi connectivity index (χ1) is 13.3. The van der Waals surface area contributed by atoms with E-state index in [1.165, 1.54) is 17.6 Å². The highest BCUT2D eigenvalue weighted by Crippen LogP contribution is 2.22. The average molecular weight is 398 g/mol. The molecule has 8 heteroatoms. The Morgan fingerprint density at radius 2 is 1.96 bits per heavy atom. The lowest BCUT2D eigenvalue weighted by Crippen LogP contribution is -2.38. The van der Waals surface area contributed by atoms with Crippen LogP contribution in [0.2, 0.25) is 0 Å². The quantitative estimate of drug-likeness (QED) is 0.658. The molecule has 1 atom stereocenters. The molecule has 0 fully saturated rings. The number of thiazole rings is 1. The van der Waals surface area contributed by atoms with E-state index < -0.39 is 17.4 Å². The smallest absolute Gasteiger partial charge is 0.279 e. The van der Waals surface area contributed by atoms with Crippen LogP contribution in [-0.2, 0) is 11.2 Å². The maximum Gasteiger partial charge on any atom is 0.279 e. The zero-order valence-corrected chi connectivity index (χ0v) is 16.7. The summed E-state index contributed by atoms with van der Waals surface area (Å²) in [5.41, 5.74) is 0.592. The molecule has 0 saturated carbocycles. The molecule has 28 heavy (non-hydrogen) atoms. The Labute approximate surface area is 167 Å². The maximum atomic E-state index is 12.5. The predicted octanol–water partition coefficient (Wildman–Crippen LogP) is 3.83. The number of carbonyl (C=O) groups is 2. The largest absolute Gasteiger partial charge is 0.446 e. The van der Waals surface area contributed by atoms with Crippen LogP contribution in [0.15, 0.2) is 52.6 Å². The van der Waals surface area contributed by atoms with Crippen LogP contribution in [0.4, 0.5) is 5.13 Å². The van der Waals surface area contributed by atoms with Crippen molar-refractivity contribution >= 4 is 28.3 Å². The van der Waals surface area contributed by atoms with Gasteiger partial charge in [0.05, 0.1) is 0 Å². The van der Waals surface area contributed by atoms with Crippen molar-refractivity contribution in [2.24, 2.45) is 5.41 Å². The number of rotatable bonds is 6. The molecule has 2 heterocycles. The molecule has 0 radical (unpaired) electrons. The molecule has 2 N–H and O–H groups in total. The summed E-state index contributed by atoms with van der Waals surface area (Å²) in [4.78, 5) is 33.2. The van der Waals surface area contributed by atoms with E-state index in [1.807, 2.05) is 51.1 Å².